The van der Waals surface area contributed by atoms with Gasteiger partial charge >= 0.3 is 0 Å². The highest BCUT2D eigenvalue weighted by atomic mass is 16.3. The van der Waals surface area contributed by atoms with E-state index in [4.69, 9.17) is 0 Å². The molecule has 0 saturated heterocycles. The Labute approximate surface area is 171 Å². The molecular formula is C26H25NO2. The van der Waals surface area contributed by atoms with E-state index in [0.717, 1.165) is 16.7 Å². The van der Waals surface area contributed by atoms with Crippen molar-refractivity contribution in [3.05, 3.63) is 119 Å². The van der Waals surface area contributed by atoms with Crippen molar-refractivity contribution in [2.75, 3.05) is 0 Å². The molecule has 0 spiro atoms. The van der Waals surface area contributed by atoms with E-state index in [2.05, 4.69) is 0 Å². The number of carbonyl (C=O) groups excluding carboxylic acids is 1. The molecule has 0 aromatic heterocycles. The Morgan fingerprint density at radius 1 is 0.724 bits per heavy atom. The van der Waals surface area contributed by atoms with Crippen LogP contribution in [0.3, 0.4) is 0 Å². The molecule has 29 heavy (non-hydrogen) atoms. The summed E-state index contributed by atoms with van der Waals surface area (Å²) in [7, 11) is 0. The Balaban J connectivity index is 1.64. The van der Waals surface area contributed by atoms with E-state index in [0.29, 0.717) is 25.0 Å². The summed E-state index contributed by atoms with van der Waals surface area (Å²) in [4.78, 5) is 15.3. The van der Waals surface area contributed by atoms with E-state index in [-0.39, 0.29) is 11.9 Å². The summed E-state index contributed by atoms with van der Waals surface area (Å²) in [6.07, 6.45) is 2.20. The number of hydrogen-bond acceptors (Lipinski definition) is 2. The maximum atomic E-state index is 13.4. The quantitative estimate of drug-likeness (QED) is 0.694. The van der Waals surface area contributed by atoms with Gasteiger partial charge in [0, 0.05) is 18.5 Å². The normalized spacial score (nSPS) is 19.1. The first-order valence-electron chi connectivity index (χ1n) is 10.0. The maximum Gasteiger partial charge on any atom is 0.250 e. The Morgan fingerprint density at radius 3 is 1.83 bits per heavy atom. The number of benzene rings is 3. The van der Waals surface area contributed by atoms with E-state index in [1.54, 1.807) is 6.08 Å². The molecular weight excluding hydrogens is 358 g/mol. The zero-order valence-corrected chi connectivity index (χ0v) is 16.3. The van der Waals surface area contributed by atoms with Crippen LogP contribution in [-0.4, -0.2) is 28.1 Å². The Hall–Kier alpha value is -3.17. The van der Waals surface area contributed by atoms with Crippen molar-refractivity contribution in [1.82, 2.24) is 4.90 Å². The van der Waals surface area contributed by atoms with Gasteiger partial charge in [0.2, 0.25) is 0 Å². The molecule has 0 fully saturated rings. The number of aliphatic hydroxyl groups is 1. The second-order valence-corrected chi connectivity index (χ2v) is 7.52. The monoisotopic (exact) mass is 383 g/mol. The minimum atomic E-state index is -0.699. The SMILES string of the molecule is O=C1C(Cc2ccccc2)=C[C@@H](O)[C@H](Cc2ccccc2)N1Cc1ccccc1. The van der Waals surface area contributed by atoms with Crippen LogP contribution in [0.1, 0.15) is 16.7 Å². The van der Waals surface area contributed by atoms with Gasteiger partial charge < -0.3 is 10.0 Å². The molecule has 1 aliphatic heterocycles. The van der Waals surface area contributed by atoms with Crippen LogP contribution in [0.5, 0.6) is 0 Å². The second kappa shape index (κ2) is 8.89. The fraction of sp³-hybridized carbons (Fsp3) is 0.192. The van der Waals surface area contributed by atoms with Gasteiger partial charge in [-0.1, -0.05) is 91.0 Å². The number of rotatable bonds is 6. The first kappa shape index (κ1) is 19.2. The number of carbonyl (C=O) groups is 1. The number of amides is 1. The molecule has 1 heterocycles. The van der Waals surface area contributed by atoms with E-state index in [1.165, 1.54) is 0 Å². The molecule has 3 nitrogen and oxygen atoms in total. The van der Waals surface area contributed by atoms with E-state index >= 15 is 0 Å². The van der Waals surface area contributed by atoms with Crippen molar-refractivity contribution in [3.8, 4) is 0 Å². The van der Waals surface area contributed by atoms with Crippen molar-refractivity contribution in [1.29, 1.82) is 0 Å². The molecule has 146 valence electrons. The first-order chi connectivity index (χ1) is 14.2. The minimum absolute atomic E-state index is 0.00365. The van der Waals surface area contributed by atoms with Crippen LogP contribution in [0.15, 0.2) is 103 Å². The minimum Gasteiger partial charge on any atom is -0.387 e. The Kier molecular flexibility index (Phi) is 5.87. The van der Waals surface area contributed by atoms with Gasteiger partial charge in [-0.2, -0.15) is 0 Å². The summed E-state index contributed by atoms with van der Waals surface area (Å²) in [6.45, 7) is 0.486. The number of aliphatic hydroxyl groups excluding tert-OH is 1. The zero-order valence-electron chi connectivity index (χ0n) is 16.3. The van der Waals surface area contributed by atoms with Crippen LogP contribution >= 0.6 is 0 Å². The van der Waals surface area contributed by atoms with Crippen molar-refractivity contribution in [2.24, 2.45) is 0 Å². The van der Waals surface area contributed by atoms with Crippen LogP contribution in [0, 0.1) is 0 Å². The van der Waals surface area contributed by atoms with Crippen LogP contribution in [0.4, 0.5) is 0 Å². The summed E-state index contributed by atoms with van der Waals surface area (Å²) in [6, 6.07) is 29.7. The lowest BCUT2D eigenvalue weighted by molar-refractivity contribution is -0.133. The molecule has 0 aliphatic carbocycles. The van der Waals surface area contributed by atoms with Gasteiger partial charge in [-0.05, 0) is 29.2 Å². The third kappa shape index (κ3) is 4.64. The largest absolute Gasteiger partial charge is 0.387 e. The van der Waals surface area contributed by atoms with Crippen molar-refractivity contribution < 1.29 is 9.90 Å². The van der Waals surface area contributed by atoms with Crippen molar-refractivity contribution in [2.45, 2.75) is 31.5 Å². The van der Waals surface area contributed by atoms with Gasteiger partial charge in [-0.25, -0.2) is 0 Å². The van der Waals surface area contributed by atoms with Gasteiger partial charge in [-0.15, -0.1) is 0 Å². The summed E-state index contributed by atoms with van der Waals surface area (Å²) in [5, 5.41) is 11.0. The smallest absolute Gasteiger partial charge is 0.250 e. The average Bonchev–Trinajstić information content (AvgIpc) is 2.76. The number of nitrogens with zero attached hydrogens (tertiary/aromatic N) is 1. The van der Waals surface area contributed by atoms with Gasteiger partial charge in [-0.3, -0.25) is 4.79 Å². The van der Waals surface area contributed by atoms with E-state index < -0.39 is 6.10 Å². The summed E-state index contributed by atoms with van der Waals surface area (Å²) in [5.74, 6) is 0.00365. The second-order valence-electron chi connectivity index (χ2n) is 7.52. The zero-order chi connectivity index (χ0) is 20.1. The van der Waals surface area contributed by atoms with Crippen LogP contribution in [0.25, 0.3) is 0 Å². The van der Waals surface area contributed by atoms with Gasteiger partial charge in [0.15, 0.2) is 0 Å². The molecule has 1 amide bonds. The maximum absolute atomic E-state index is 13.4. The van der Waals surface area contributed by atoms with Crippen LogP contribution in [0.2, 0.25) is 0 Å². The van der Waals surface area contributed by atoms with Gasteiger partial charge in [0.1, 0.15) is 0 Å². The molecule has 3 aromatic rings. The molecule has 2 atom stereocenters. The molecule has 1 N–H and O–H groups in total. The third-order valence-corrected chi connectivity index (χ3v) is 5.42. The van der Waals surface area contributed by atoms with Crippen LogP contribution in [-0.2, 0) is 24.2 Å². The Bertz CT molecular complexity index is 967. The number of hydrogen-bond donors (Lipinski definition) is 1. The van der Waals surface area contributed by atoms with Crippen molar-refractivity contribution >= 4 is 5.91 Å². The van der Waals surface area contributed by atoms with Gasteiger partial charge in [0.05, 0.1) is 12.1 Å². The molecule has 4 rings (SSSR count). The molecule has 1 aliphatic rings. The van der Waals surface area contributed by atoms with Crippen LogP contribution < -0.4 is 0 Å². The highest BCUT2D eigenvalue weighted by molar-refractivity contribution is 5.95. The lowest BCUT2D eigenvalue weighted by atomic mass is 9.90. The molecule has 0 radical (unpaired) electrons. The summed E-state index contributed by atoms with van der Waals surface area (Å²) < 4.78 is 0. The fourth-order valence-corrected chi connectivity index (χ4v) is 3.91. The first-order valence-corrected chi connectivity index (χ1v) is 10.0. The van der Waals surface area contributed by atoms with E-state index in [1.807, 2.05) is 95.9 Å². The van der Waals surface area contributed by atoms with E-state index in [9.17, 15) is 9.90 Å². The molecule has 3 heteroatoms. The topological polar surface area (TPSA) is 40.5 Å². The molecule has 0 saturated carbocycles. The molecule has 0 bridgehead atoms. The highest BCUT2D eigenvalue weighted by Gasteiger charge is 2.35. The van der Waals surface area contributed by atoms with Gasteiger partial charge in [0.25, 0.3) is 5.91 Å². The predicted molar refractivity (Wildman–Crippen MR) is 115 cm³/mol. The summed E-state index contributed by atoms with van der Waals surface area (Å²) in [5.41, 5.74) is 3.90. The average molecular weight is 383 g/mol. The molecule has 3 aromatic carbocycles. The molecule has 0 unspecified atom stereocenters. The fourth-order valence-electron chi connectivity index (χ4n) is 3.91. The third-order valence-electron chi connectivity index (χ3n) is 5.42. The standard InChI is InChI=1S/C26H25NO2/c28-25-18-23(16-20-10-4-1-5-11-20)26(29)27(19-22-14-8-3-9-15-22)24(25)17-21-12-6-2-7-13-21/h1-15,18,24-25,28H,16-17,19H2/t24-,25+/m0/s1. The highest BCUT2D eigenvalue weighted by Crippen LogP contribution is 2.26. The lowest BCUT2D eigenvalue weighted by Crippen LogP contribution is -2.51. The lowest BCUT2D eigenvalue weighted by Gasteiger charge is -2.38. The van der Waals surface area contributed by atoms with Crippen molar-refractivity contribution in [3.63, 3.8) is 0 Å². The predicted octanol–water partition coefficient (Wildman–Crippen LogP) is 4.17. The summed E-state index contributed by atoms with van der Waals surface area (Å²) >= 11 is 0. The Morgan fingerprint density at radius 2 is 1.24 bits per heavy atom.